The van der Waals surface area contributed by atoms with Gasteiger partial charge in [0, 0.05) is 35.3 Å². The maximum absolute atomic E-state index is 11.9. The number of aromatic nitrogens is 2. The van der Waals surface area contributed by atoms with E-state index in [-0.39, 0.29) is 0 Å². The monoisotopic (exact) mass is 392 g/mol. The van der Waals surface area contributed by atoms with E-state index < -0.39 is 11.5 Å². The van der Waals surface area contributed by atoms with Crippen molar-refractivity contribution in [1.82, 2.24) is 15.3 Å². The van der Waals surface area contributed by atoms with Crippen molar-refractivity contribution < 1.29 is 14.7 Å². The lowest BCUT2D eigenvalue weighted by molar-refractivity contribution is -0.109. The normalized spacial score (nSPS) is 14.7. The molecule has 7 nitrogen and oxygen atoms in total. The molecule has 0 saturated carbocycles. The number of nitrogens with zero attached hydrogens (tertiary/aromatic N) is 2. The van der Waals surface area contributed by atoms with Gasteiger partial charge in [-0.05, 0) is 44.7 Å². The standard InChI is InChI=1S/C22H24N4O3/c1-22(29,11-12-24-14-27)10-9-15-5-4-6-16(13-15)21-25-18-8-3-2-7-17(18)19(26-21)20(23)28/h4-6,13-14,29H,2-3,7-8,11-12H2,1H3,(H2,23,28)(H,24,27). The van der Waals surface area contributed by atoms with Gasteiger partial charge in [0.05, 0.1) is 0 Å². The second kappa shape index (κ2) is 8.84. The van der Waals surface area contributed by atoms with E-state index in [1.807, 2.05) is 24.3 Å². The molecule has 29 heavy (non-hydrogen) atoms. The van der Waals surface area contributed by atoms with Crippen LogP contribution in [0.3, 0.4) is 0 Å². The number of benzene rings is 1. The summed E-state index contributed by atoms with van der Waals surface area (Å²) in [4.78, 5) is 31.3. The number of amides is 2. The molecule has 2 aromatic rings. The van der Waals surface area contributed by atoms with E-state index in [2.05, 4.69) is 27.1 Å². The molecule has 1 heterocycles. The van der Waals surface area contributed by atoms with Gasteiger partial charge in [0.1, 0.15) is 11.3 Å². The van der Waals surface area contributed by atoms with Crippen LogP contribution in [0.25, 0.3) is 11.4 Å². The topological polar surface area (TPSA) is 118 Å². The predicted octanol–water partition coefficient (Wildman–Crippen LogP) is 1.36. The van der Waals surface area contributed by atoms with Gasteiger partial charge >= 0.3 is 0 Å². The molecule has 1 aromatic heterocycles. The zero-order chi connectivity index (χ0) is 20.9. The predicted molar refractivity (Wildman–Crippen MR) is 109 cm³/mol. The highest BCUT2D eigenvalue weighted by Gasteiger charge is 2.21. The Kier molecular flexibility index (Phi) is 6.25. The van der Waals surface area contributed by atoms with Crippen molar-refractivity contribution in [3.63, 3.8) is 0 Å². The minimum atomic E-state index is -1.23. The third-order valence-corrected chi connectivity index (χ3v) is 4.85. The minimum absolute atomic E-state index is 0.298. The van der Waals surface area contributed by atoms with Crippen molar-refractivity contribution in [3.05, 3.63) is 46.8 Å². The second-order valence-electron chi connectivity index (χ2n) is 7.32. The summed E-state index contributed by atoms with van der Waals surface area (Å²) in [5.74, 6) is 5.70. The SMILES string of the molecule is CC(O)(C#Cc1cccc(-c2nc3c(c(C(N)=O)n2)CCCC3)c1)CCNC=O. The van der Waals surface area contributed by atoms with E-state index in [9.17, 15) is 14.7 Å². The molecule has 1 atom stereocenters. The molecule has 0 aliphatic heterocycles. The molecule has 0 spiro atoms. The second-order valence-corrected chi connectivity index (χ2v) is 7.32. The van der Waals surface area contributed by atoms with Gasteiger partial charge in [0.2, 0.25) is 6.41 Å². The molecule has 0 saturated heterocycles. The number of fused-ring (bicyclic) bond motifs is 1. The number of carbonyl (C=O) groups is 2. The van der Waals surface area contributed by atoms with Crippen LogP contribution >= 0.6 is 0 Å². The molecule has 0 radical (unpaired) electrons. The van der Waals surface area contributed by atoms with Gasteiger partial charge < -0.3 is 16.2 Å². The maximum Gasteiger partial charge on any atom is 0.267 e. The number of carbonyl (C=O) groups excluding carboxylic acids is 2. The van der Waals surface area contributed by atoms with Crippen LogP contribution in [-0.2, 0) is 17.6 Å². The molecule has 1 aromatic carbocycles. The van der Waals surface area contributed by atoms with Crippen molar-refractivity contribution in [2.75, 3.05) is 6.54 Å². The number of nitrogens with one attached hydrogen (secondary N) is 1. The van der Waals surface area contributed by atoms with Crippen molar-refractivity contribution in [1.29, 1.82) is 0 Å². The van der Waals surface area contributed by atoms with Crippen LogP contribution in [0, 0.1) is 11.8 Å². The van der Waals surface area contributed by atoms with Crippen LogP contribution in [0.5, 0.6) is 0 Å². The van der Waals surface area contributed by atoms with Gasteiger partial charge in [-0.3, -0.25) is 9.59 Å². The highest BCUT2D eigenvalue weighted by Crippen LogP contribution is 2.26. The Morgan fingerprint density at radius 2 is 2.14 bits per heavy atom. The van der Waals surface area contributed by atoms with Gasteiger partial charge in [-0.15, -0.1) is 0 Å². The van der Waals surface area contributed by atoms with Crippen LogP contribution in [0.15, 0.2) is 24.3 Å². The zero-order valence-corrected chi connectivity index (χ0v) is 16.4. The van der Waals surface area contributed by atoms with E-state index in [1.54, 1.807) is 6.92 Å². The first-order valence-corrected chi connectivity index (χ1v) is 9.62. The quantitative estimate of drug-likeness (QED) is 0.390. The lowest BCUT2D eigenvalue weighted by atomic mass is 9.94. The van der Waals surface area contributed by atoms with E-state index >= 15 is 0 Å². The van der Waals surface area contributed by atoms with Crippen molar-refractivity contribution in [2.45, 2.75) is 44.6 Å². The van der Waals surface area contributed by atoms with Gasteiger partial charge in [-0.25, -0.2) is 9.97 Å². The first-order valence-electron chi connectivity index (χ1n) is 9.62. The molecular weight excluding hydrogens is 368 g/mol. The van der Waals surface area contributed by atoms with E-state index in [4.69, 9.17) is 5.73 Å². The number of aliphatic hydroxyl groups is 1. The Hall–Kier alpha value is -3.24. The first kappa shape index (κ1) is 20.5. The third kappa shape index (κ3) is 5.18. The molecule has 0 fully saturated rings. The zero-order valence-electron chi connectivity index (χ0n) is 16.4. The van der Waals surface area contributed by atoms with E-state index in [1.165, 1.54) is 0 Å². The number of nitrogens with two attached hydrogens (primary N) is 1. The van der Waals surface area contributed by atoms with Gasteiger partial charge in [0.25, 0.3) is 5.91 Å². The molecular formula is C22H24N4O3. The molecule has 1 unspecified atom stereocenters. The fourth-order valence-corrected chi connectivity index (χ4v) is 3.31. The average Bonchev–Trinajstić information content (AvgIpc) is 2.72. The Morgan fingerprint density at radius 3 is 2.90 bits per heavy atom. The highest BCUT2D eigenvalue weighted by atomic mass is 16.3. The molecule has 3 rings (SSSR count). The van der Waals surface area contributed by atoms with Crippen LogP contribution in [0.4, 0.5) is 0 Å². The number of hydrogen-bond acceptors (Lipinski definition) is 5. The van der Waals surface area contributed by atoms with Crippen LogP contribution in [0.2, 0.25) is 0 Å². The summed E-state index contributed by atoms with van der Waals surface area (Å²) < 4.78 is 0. The Bertz CT molecular complexity index is 989. The van der Waals surface area contributed by atoms with Gasteiger partial charge in [-0.1, -0.05) is 24.0 Å². The van der Waals surface area contributed by atoms with Crippen molar-refractivity contribution >= 4 is 12.3 Å². The first-order chi connectivity index (χ1) is 13.9. The maximum atomic E-state index is 11.9. The highest BCUT2D eigenvalue weighted by molar-refractivity contribution is 5.93. The Balaban J connectivity index is 1.91. The fraction of sp³-hybridized carbons (Fsp3) is 0.364. The lowest BCUT2D eigenvalue weighted by Crippen LogP contribution is -2.27. The van der Waals surface area contributed by atoms with Crippen LogP contribution < -0.4 is 11.1 Å². The average molecular weight is 392 g/mol. The number of rotatable bonds is 6. The van der Waals surface area contributed by atoms with Gasteiger partial charge in [-0.2, -0.15) is 0 Å². The molecule has 1 aliphatic rings. The number of hydrogen-bond donors (Lipinski definition) is 3. The summed E-state index contributed by atoms with van der Waals surface area (Å²) in [6, 6.07) is 7.33. The van der Waals surface area contributed by atoms with Crippen LogP contribution in [0.1, 0.15) is 53.5 Å². The molecule has 150 valence electrons. The molecule has 0 bridgehead atoms. The molecule has 7 heteroatoms. The number of aryl methyl sites for hydroxylation is 1. The Morgan fingerprint density at radius 1 is 1.34 bits per heavy atom. The summed E-state index contributed by atoms with van der Waals surface area (Å²) >= 11 is 0. The molecule has 2 amide bonds. The van der Waals surface area contributed by atoms with E-state index in [0.29, 0.717) is 36.5 Å². The number of primary amides is 1. The third-order valence-electron chi connectivity index (χ3n) is 4.85. The van der Waals surface area contributed by atoms with Gasteiger partial charge in [0.15, 0.2) is 5.82 Å². The summed E-state index contributed by atoms with van der Waals surface area (Å²) in [6.45, 7) is 1.94. The summed E-state index contributed by atoms with van der Waals surface area (Å²) in [6.07, 6.45) is 4.51. The Labute approximate surface area is 169 Å². The lowest BCUT2D eigenvalue weighted by Gasteiger charge is -2.18. The smallest absolute Gasteiger partial charge is 0.267 e. The van der Waals surface area contributed by atoms with Crippen LogP contribution in [-0.4, -0.2) is 39.5 Å². The summed E-state index contributed by atoms with van der Waals surface area (Å²) in [5, 5.41) is 12.8. The fourth-order valence-electron chi connectivity index (χ4n) is 3.31. The molecule has 1 aliphatic carbocycles. The van der Waals surface area contributed by atoms with Crippen molar-refractivity contribution in [2.24, 2.45) is 5.73 Å². The van der Waals surface area contributed by atoms with E-state index in [0.717, 1.165) is 42.5 Å². The molecule has 4 N–H and O–H groups in total. The summed E-state index contributed by atoms with van der Waals surface area (Å²) in [5.41, 5.74) is 7.79. The van der Waals surface area contributed by atoms with Crippen molar-refractivity contribution in [3.8, 4) is 23.2 Å². The minimum Gasteiger partial charge on any atom is -0.378 e. The largest absolute Gasteiger partial charge is 0.378 e. The summed E-state index contributed by atoms with van der Waals surface area (Å²) in [7, 11) is 0.